The molecule has 0 N–H and O–H groups in total. The van der Waals surface area contributed by atoms with Crippen LogP contribution in [0.15, 0.2) is 24.3 Å². The van der Waals surface area contributed by atoms with E-state index in [-0.39, 0.29) is 38.1 Å². The molecule has 117 valence electrons. The van der Waals surface area contributed by atoms with Gasteiger partial charge in [0.25, 0.3) is 0 Å². The summed E-state index contributed by atoms with van der Waals surface area (Å²) < 4.78 is 0. The zero-order valence-electron chi connectivity index (χ0n) is 14.6. The van der Waals surface area contributed by atoms with Crippen molar-refractivity contribution in [1.82, 2.24) is 0 Å². The summed E-state index contributed by atoms with van der Waals surface area (Å²) in [6, 6.07) is 10.8. The molecule has 0 bridgehead atoms. The minimum atomic E-state index is 0. The number of rotatable bonds is 5. The Balaban J connectivity index is 0. The molecule has 1 rings (SSSR count). The van der Waals surface area contributed by atoms with E-state index in [4.69, 9.17) is 0 Å². The van der Waals surface area contributed by atoms with E-state index in [1.54, 1.807) is 0 Å². The summed E-state index contributed by atoms with van der Waals surface area (Å²) in [4.78, 5) is 11.7. The molecule has 2 heteroatoms. The van der Waals surface area contributed by atoms with Crippen molar-refractivity contribution in [1.29, 1.82) is 0 Å². The molecule has 0 aliphatic heterocycles. The first-order chi connectivity index (χ1) is 9.20. The number of hydrogen-bond donors (Lipinski definition) is 0. The summed E-state index contributed by atoms with van der Waals surface area (Å²) in [5.41, 5.74) is 1.49. The minimum Gasteiger partial charge on any atom is -0.323 e. The number of ketones is 1. The zero-order valence-corrected chi connectivity index (χ0v) is 17.5. The molecule has 0 saturated carbocycles. The topological polar surface area (TPSA) is 17.1 Å². The Morgan fingerprint density at radius 2 is 1.57 bits per heavy atom. The van der Waals surface area contributed by atoms with E-state index in [1.165, 1.54) is 11.5 Å². The Bertz CT molecular complexity index is 360. The first-order valence-corrected chi connectivity index (χ1v) is 7.44. The third kappa shape index (κ3) is 17.9. The van der Waals surface area contributed by atoms with Gasteiger partial charge in [0.05, 0.1) is 0 Å². The summed E-state index contributed by atoms with van der Waals surface area (Å²) in [6.07, 6.45) is 3.22. The van der Waals surface area contributed by atoms with Gasteiger partial charge >= 0.3 is 0 Å². The van der Waals surface area contributed by atoms with Crippen LogP contribution in [-0.4, -0.2) is 5.78 Å². The molecule has 0 atom stereocenters. The van der Waals surface area contributed by atoms with Crippen molar-refractivity contribution in [3.8, 4) is 0 Å². The van der Waals surface area contributed by atoms with Crippen LogP contribution in [0.25, 0.3) is 0 Å². The minimum absolute atomic E-state index is 0. The average molecular weight is 363 g/mol. The van der Waals surface area contributed by atoms with Gasteiger partial charge in [-0.15, -0.1) is 0 Å². The maximum atomic E-state index is 11.7. The van der Waals surface area contributed by atoms with Gasteiger partial charge in [0.1, 0.15) is 5.78 Å². The van der Waals surface area contributed by atoms with Crippen LogP contribution in [0.4, 0.5) is 0 Å². The van der Waals surface area contributed by atoms with Crippen LogP contribution in [0, 0.1) is 17.4 Å². The van der Waals surface area contributed by atoms with Crippen LogP contribution in [0.3, 0.4) is 0 Å². The fourth-order valence-electron chi connectivity index (χ4n) is 1.51. The molecule has 0 aliphatic carbocycles. The van der Waals surface area contributed by atoms with Crippen molar-refractivity contribution >= 4 is 5.78 Å². The SMILES string of the molecule is CC(C)(C)CCC(=O)CCc1cc[c-]cc1.C[C-](C)C.[Y]. The van der Waals surface area contributed by atoms with Gasteiger partial charge in [-0.25, -0.2) is 0 Å². The molecule has 1 nitrogen and oxygen atoms in total. The van der Waals surface area contributed by atoms with Gasteiger partial charge in [0.15, 0.2) is 0 Å². The molecule has 0 heterocycles. The first-order valence-electron chi connectivity index (χ1n) is 7.44. The Kier molecular flexibility index (Phi) is 13.9. The summed E-state index contributed by atoms with van der Waals surface area (Å²) in [5, 5.41) is 0. The van der Waals surface area contributed by atoms with Gasteiger partial charge in [-0.05, 0) is 18.3 Å². The van der Waals surface area contributed by atoms with Crippen LogP contribution in [0.5, 0.6) is 0 Å². The second-order valence-electron chi connectivity index (χ2n) is 7.01. The molecule has 21 heavy (non-hydrogen) atoms. The van der Waals surface area contributed by atoms with Gasteiger partial charge in [-0.3, -0.25) is 4.79 Å². The predicted molar refractivity (Wildman–Crippen MR) is 87.6 cm³/mol. The van der Waals surface area contributed by atoms with Crippen LogP contribution < -0.4 is 0 Å². The molecule has 1 aromatic rings. The summed E-state index contributed by atoms with van der Waals surface area (Å²) in [6.45, 7) is 12.8. The Hall–Kier alpha value is -0.00610. The quantitative estimate of drug-likeness (QED) is 0.637. The standard InChI is InChI=1S/C15H21O.C4H9.Y/c1-15(2,3)12-11-14(16)10-9-13-7-5-4-6-8-13;1-4(2)3;/h5-8H,9-12H2,1-3H3;1-3H3;/q2*-1;. The molecule has 0 fully saturated rings. The van der Waals surface area contributed by atoms with E-state index in [1.807, 2.05) is 24.3 Å². The Labute approximate surface area is 157 Å². The Morgan fingerprint density at radius 1 is 1.10 bits per heavy atom. The number of carbonyl (C=O) groups is 1. The Morgan fingerprint density at radius 3 is 2.00 bits per heavy atom. The van der Waals surface area contributed by atoms with Crippen molar-refractivity contribution < 1.29 is 37.5 Å². The summed E-state index contributed by atoms with van der Waals surface area (Å²) >= 11 is 0. The van der Waals surface area contributed by atoms with Gasteiger partial charge in [0.2, 0.25) is 0 Å². The number of Topliss-reactive ketones (excluding diaryl/α,β-unsaturated/α-hetero) is 1. The third-order valence-electron chi connectivity index (χ3n) is 2.63. The molecular formula is C19H30OY-2. The molecule has 0 unspecified atom stereocenters. The van der Waals surface area contributed by atoms with Crippen molar-refractivity contribution in [2.45, 2.75) is 67.2 Å². The molecule has 0 spiro atoms. The van der Waals surface area contributed by atoms with Gasteiger partial charge in [0, 0.05) is 45.6 Å². The van der Waals surface area contributed by atoms with Crippen LogP contribution in [-0.2, 0) is 43.9 Å². The average Bonchev–Trinajstić information content (AvgIpc) is 2.33. The molecule has 1 radical (unpaired) electrons. The maximum Gasteiger partial charge on any atom is 0.133 e. The van der Waals surface area contributed by atoms with E-state index in [2.05, 4.69) is 47.6 Å². The fourth-order valence-corrected chi connectivity index (χ4v) is 1.51. The molecule has 1 aromatic carbocycles. The van der Waals surface area contributed by atoms with Crippen LogP contribution >= 0.6 is 0 Å². The van der Waals surface area contributed by atoms with Crippen molar-refractivity contribution in [2.75, 3.05) is 0 Å². The maximum absolute atomic E-state index is 11.7. The number of benzene rings is 1. The summed E-state index contributed by atoms with van der Waals surface area (Å²) in [5.74, 6) is 1.79. The van der Waals surface area contributed by atoms with Gasteiger partial charge in [-0.1, -0.05) is 20.8 Å². The second kappa shape index (κ2) is 12.5. The summed E-state index contributed by atoms with van der Waals surface area (Å²) in [7, 11) is 0. The van der Waals surface area contributed by atoms with Crippen LogP contribution in [0.2, 0.25) is 0 Å². The smallest absolute Gasteiger partial charge is 0.133 e. The number of carbonyl (C=O) groups excluding carboxylic acids is 1. The first kappa shape index (κ1) is 23.3. The van der Waals surface area contributed by atoms with Crippen LogP contribution in [0.1, 0.15) is 66.4 Å². The molecule has 0 amide bonds. The molecular weight excluding hydrogens is 333 g/mol. The van der Waals surface area contributed by atoms with Crippen molar-refractivity contribution in [3.05, 3.63) is 41.8 Å². The number of aryl methyl sites for hydroxylation is 1. The zero-order chi connectivity index (χ0) is 15.6. The van der Waals surface area contributed by atoms with E-state index < -0.39 is 0 Å². The fraction of sp³-hybridized carbons (Fsp3) is 0.579. The molecule has 0 saturated heterocycles. The van der Waals surface area contributed by atoms with E-state index in [9.17, 15) is 4.79 Å². The number of hydrogen-bond acceptors (Lipinski definition) is 1. The normalized spacial score (nSPS) is 10.4. The molecule has 0 aliphatic rings. The van der Waals surface area contributed by atoms with E-state index >= 15 is 0 Å². The second-order valence-corrected chi connectivity index (χ2v) is 7.01. The van der Waals surface area contributed by atoms with E-state index in [0.29, 0.717) is 18.6 Å². The van der Waals surface area contributed by atoms with Gasteiger partial charge < -0.3 is 5.92 Å². The predicted octanol–water partition coefficient (Wildman–Crippen LogP) is 5.43. The van der Waals surface area contributed by atoms with E-state index in [0.717, 1.165) is 12.8 Å². The largest absolute Gasteiger partial charge is 0.323 e. The van der Waals surface area contributed by atoms with Gasteiger partial charge in [-0.2, -0.15) is 56.7 Å². The molecule has 0 aromatic heterocycles. The van der Waals surface area contributed by atoms with Crippen molar-refractivity contribution in [3.63, 3.8) is 0 Å². The third-order valence-corrected chi connectivity index (χ3v) is 2.63. The monoisotopic (exact) mass is 363 g/mol. The van der Waals surface area contributed by atoms with Crippen molar-refractivity contribution in [2.24, 2.45) is 5.41 Å².